The van der Waals surface area contributed by atoms with E-state index >= 15 is 0 Å². The van der Waals surface area contributed by atoms with Crippen LogP contribution in [0, 0.1) is 0 Å². The van der Waals surface area contributed by atoms with Crippen molar-refractivity contribution in [2.24, 2.45) is 0 Å². The van der Waals surface area contributed by atoms with Crippen molar-refractivity contribution >= 4 is 17.7 Å². The van der Waals surface area contributed by atoms with Crippen LogP contribution >= 0.6 is 0 Å². The highest BCUT2D eigenvalue weighted by molar-refractivity contribution is 5.97. The highest BCUT2D eigenvalue weighted by Gasteiger charge is 2.45. The minimum atomic E-state index is -0.190. The maximum absolute atomic E-state index is 13.2. The summed E-state index contributed by atoms with van der Waals surface area (Å²) in [7, 11) is 0. The minimum Gasteiger partial charge on any atom is -0.472 e. The molecule has 8 nitrogen and oxygen atoms in total. The fourth-order valence-electron chi connectivity index (χ4n) is 5.18. The van der Waals surface area contributed by atoms with E-state index < -0.39 is 0 Å². The second kappa shape index (κ2) is 9.55. The molecule has 0 bridgehead atoms. The molecule has 1 saturated heterocycles. The van der Waals surface area contributed by atoms with Crippen LogP contribution in [0.4, 0.5) is 0 Å². The van der Waals surface area contributed by atoms with E-state index in [4.69, 9.17) is 4.42 Å². The molecule has 1 aromatic heterocycles. The molecular weight excluding hydrogens is 420 g/mol. The average molecular weight is 453 g/mol. The third-order valence-corrected chi connectivity index (χ3v) is 7.12. The van der Waals surface area contributed by atoms with Gasteiger partial charge < -0.3 is 24.9 Å². The van der Waals surface area contributed by atoms with Gasteiger partial charge in [-0.15, -0.1) is 0 Å². The average Bonchev–Trinajstić information content (AvgIpc) is 3.54. The molecule has 5 rings (SSSR count). The maximum Gasteiger partial charge on any atom is 0.251 e. The second-order valence-electron chi connectivity index (χ2n) is 9.52. The number of hydrogen-bond donors (Lipinski definition) is 2. The van der Waals surface area contributed by atoms with E-state index in [0.29, 0.717) is 24.6 Å². The molecule has 1 aromatic rings. The van der Waals surface area contributed by atoms with Gasteiger partial charge in [-0.3, -0.25) is 14.4 Å². The summed E-state index contributed by atoms with van der Waals surface area (Å²) in [5.74, 6) is -0.280. The summed E-state index contributed by atoms with van der Waals surface area (Å²) in [6, 6.07) is 2.26. The lowest BCUT2D eigenvalue weighted by Crippen LogP contribution is -2.58. The van der Waals surface area contributed by atoms with Gasteiger partial charge in [0.05, 0.1) is 25.1 Å². The zero-order chi connectivity index (χ0) is 22.8. The molecule has 1 atom stereocenters. The lowest BCUT2D eigenvalue weighted by atomic mass is 9.93. The lowest BCUT2D eigenvalue weighted by molar-refractivity contribution is -0.145. The van der Waals surface area contributed by atoms with Crippen LogP contribution in [0.15, 0.2) is 46.4 Å². The van der Waals surface area contributed by atoms with E-state index in [9.17, 15) is 14.4 Å². The molecule has 3 fully saturated rings. The SMILES string of the molecule is O=C(NCc1ccoc1)C1=CCC2C(=C1)N(C(=O)CNC1CCCCC1)CC(=O)N2C1CC1. The van der Waals surface area contributed by atoms with Gasteiger partial charge in [-0.25, -0.2) is 0 Å². The van der Waals surface area contributed by atoms with Gasteiger partial charge in [-0.2, -0.15) is 0 Å². The normalized spacial score (nSPS) is 23.6. The summed E-state index contributed by atoms with van der Waals surface area (Å²) in [5, 5.41) is 6.31. The Balaban J connectivity index is 1.30. The van der Waals surface area contributed by atoms with Crippen LogP contribution in [0.5, 0.6) is 0 Å². The van der Waals surface area contributed by atoms with Crippen molar-refractivity contribution in [3.63, 3.8) is 0 Å². The van der Waals surface area contributed by atoms with Crippen molar-refractivity contribution in [3.05, 3.63) is 47.6 Å². The van der Waals surface area contributed by atoms with Gasteiger partial charge in [-0.1, -0.05) is 25.3 Å². The van der Waals surface area contributed by atoms with Crippen molar-refractivity contribution in [2.45, 2.75) is 76.0 Å². The van der Waals surface area contributed by atoms with Gasteiger partial charge in [0.1, 0.15) is 6.54 Å². The number of piperazine rings is 1. The van der Waals surface area contributed by atoms with Crippen LogP contribution < -0.4 is 10.6 Å². The molecule has 8 heteroatoms. The fraction of sp³-hybridized carbons (Fsp3) is 0.560. The zero-order valence-corrected chi connectivity index (χ0v) is 18.9. The van der Waals surface area contributed by atoms with E-state index in [1.807, 2.05) is 17.0 Å². The quantitative estimate of drug-likeness (QED) is 0.662. The Kier molecular flexibility index (Phi) is 6.35. The first-order valence-electron chi connectivity index (χ1n) is 12.2. The molecule has 0 spiro atoms. The summed E-state index contributed by atoms with van der Waals surface area (Å²) in [6.45, 7) is 0.644. The predicted octanol–water partition coefficient (Wildman–Crippen LogP) is 2.23. The molecule has 4 aliphatic rings. The molecule has 2 heterocycles. The summed E-state index contributed by atoms with van der Waals surface area (Å²) < 4.78 is 5.05. The smallest absolute Gasteiger partial charge is 0.251 e. The third-order valence-electron chi connectivity index (χ3n) is 7.12. The van der Waals surface area contributed by atoms with Crippen molar-refractivity contribution in [1.82, 2.24) is 20.4 Å². The Morgan fingerprint density at radius 2 is 1.94 bits per heavy atom. The first-order valence-corrected chi connectivity index (χ1v) is 12.2. The Labute approximate surface area is 194 Å². The fourth-order valence-corrected chi connectivity index (χ4v) is 5.18. The number of carbonyl (C=O) groups is 3. The number of fused-ring (bicyclic) bond motifs is 1. The summed E-state index contributed by atoms with van der Waals surface area (Å²) in [6.07, 6.45) is 15.3. The van der Waals surface area contributed by atoms with Gasteiger partial charge in [0, 0.05) is 35.5 Å². The molecule has 0 radical (unpaired) electrons. The minimum absolute atomic E-state index is 0.00641. The number of nitrogens with one attached hydrogen (secondary N) is 2. The Bertz CT molecular complexity index is 957. The molecular formula is C25H32N4O4. The number of furan rings is 1. The molecule has 2 saturated carbocycles. The number of amides is 3. The molecule has 2 N–H and O–H groups in total. The summed E-state index contributed by atoms with van der Waals surface area (Å²) in [4.78, 5) is 42.6. The molecule has 3 aliphatic carbocycles. The van der Waals surface area contributed by atoms with E-state index in [1.165, 1.54) is 19.3 Å². The highest BCUT2D eigenvalue weighted by atomic mass is 16.3. The van der Waals surface area contributed by atoms with Crippen LogP contribution in [0.3, 0.4) is 0 Å². The van der Waals surface area contributed by atoms with Crippen molar-refractivity contribution in [3.8, 4) is 0 Å². The van der Waals surface area contributed by atoms with Crippen LogP contribution in [-0.4, -0.2) is 58.7 Å². The second-order valence-corrected chi connectivity index (χ2v) is 9.52. The Morgan fingerprint density at radius 3 is 2.67 bits per heavy atom. The predicted molar refractivity (Wildman–Crippen MR) is 122 cm³/mol. The zero-order valence-electron chi connectivity index (χ0n) is 18.9. The maximum atomic E-state index is 13.2. The Hall–Kier alpha value is -2.87. The van der Waals surface area contributed by atoms with Crippen molar-refractivity contribution in [1.29, 1.82) is 0 Å². The van der Waals surface area contributed by atoms with Crippen molar-refractivity contribution in [2.75, 3.05) is 13.1 Å². The molecule has 1 unspecified atom stereocenters. The van der Waals surface area contributed by atoms with E-state index in [-0.39, 0.29) is 42.9 Å². The Morgan fingerprint density at radius 1 is 1.12 bits per heavy atom. The van der Waals surface area contributed by atoms with E-state index in [2.05, 4.69) is 10.6 Å². The van der Waals surface area contributed by atoms with Crippen LogP contribution in [0.25, 0.3) is 0 Å². The van der Waals surface area contributed by atoms with Crippen LogP contribution in [-0.2, 0) is 20.9 Å². The third kappa shape index (κ3) is 4.90. The van der Waals surface area contributed by atoms with E-state index in [1.54, 1.807) is 23.5 Å². The first kappa shape index (κ1) is 21.9. The molecule has 176 valence electrons. The van der Waals surface area contributed by atoms with Gasteiger partial charge in [-0.05, 0) is 44.2 Å². The monoisotopic (exact) mass is 452 g/mol. The number of hydrogen-bond acceptors (Lipinski definition) is 5. The van der Waals surface area contributed by atoms with E-state index in [0.717, 1.165) is 36.9 Å². The van der Waals surface area contributed by atoms with Gasteiger partial charge >= 0.3 is 0 Å². The van der Waals surface area contributed by atoms with Crippen molar-refractivity contribution < 1.29 is 18.8 Å². The number of rotatable bonds is 7. The van der Waals surface area contributed by atoms with Crippen LogP contribution in [0.2, 0.25) is 0 Å². The largest absolute Gasteiger partial charge is 0.472 e. The van der Waals surface area contributed by atoms with Crippen LogP contribution in [0.1, 0.15) is 56.9 Å². The standard InChI is InChI=1S/C25H32N4O4/c30-23(14-26-19-4-2-1-3-5-19)28-15-24(31)29(20-7-8-20)21-9-6-18(12-22(21)28)25(32)27-13-17-10-11-33-16-17/h6,10-12,16,19-21,26H,1-5,7-9,13-15H2,(H,27,32). The molecule has 3 amide bonds. The summed E-state index contributed by atoms with van der Waals surface area (Å²) in [5.41, 5.74) is 2.19. The molecule has 33 heavy (non-hydrogen) atoms. The van der Waals surface area contributed by atoms with Gasteiger partial charge in [0.2, 0.25) is 11.8 Å². The molecule has 1 aliphatic heterocycles. The molecule has 0 aromatic carbocycles. The topological polar surface area (TPSA) is 94.9 Å². The van der Waals surface area contributed by atoms with Gasteiger partial charge in [0.15, 0.2) is 0 Å². The number of carbonyl (C=O) groups excluding carboxylic acids is 3. The first-order chi connectivity index (χ1) is 16.1. The van der Waals surface area contributed by atoms with Gasteiger partial charge in [0.25, 0.3) is 5.91 Å². The number of nitrogens with zero attached hydrogens (tertiary/aromatic N) is 2. The summed E-state index contributed by atoms with van der Waals surface area (Å²) >= 11 is 0. The highest BCUT2D eigenvalue weighted by Crippen LogP contribution is 2.38. The lowest BCUT2D eigenvalue weighted by Gasteiger charge is -2.44.